The standard InChI is InChI=1S/C26H22O8/c1-30-21-9-14(7-8-17(21)28)25-24(13-27)33-23-11-15(10-22(31-2)26(23)34-25)20-12-18(29)16-5-3-4-6-19(16)32-20/h3-12,24-25,27-28H,13H2,1-2H3. The van der Waals surface area contributed by atoms with Crippen molar-refractivity contribution in [3.63, 3.8) is 0 Å². The fourth-order valence-corrected chi connectivity index (χ4v) is 4.04. The molecule has 34 heavy (non-hydrogen) atoms. The molecule has 0 bridgehead atoms. The molecular weight excluding hydrogens is 440 g/mol. The molecule has 1 aromatic heterocycles. The highest BCUT2D eigenvalue weighted by atomic mass is 16.6. The second-order valence-electron chi connectivity index (χ2n) is 7.79. The van der Waals surface area contributed by atoms with Gasteiger partial charge in [0.2, 0.25) is 5.75 Å². The molecule has 0 spiro atoms. The largest absolute Gasteiger partial charge is 0.504 e. The number of para-hydroxylation sites is 1. The van der Waals surface area contributed by atoms with Crippen LogP contribution in [0.15, 0.2) is 69.9 Å². The number of phenols is 1. The van der Waals surface area contributed by atoms with Crippen LogP contribution in [0.4, 0.5) is 0 Å². The highest BCUT2D eigenvalue weighted by Crippen LogP contribution is 2.48. The van der Waals surface area contributed by atoms with Gasteiger partial charge in [-0.25, -0.2) is 0 Å². The summed E-state index contributed by atoms with van der Waals surface area (Å²) in [4.78, 5) is 12.6. The van der Waals surface area contributed by atoms with Gasteiger partial charge in [-0.3, -0.25) is 4.79 Å². The highest BCUT2D eigenvalue weighted by Gasteiger charge is 2.35. The van der Waals surface area contributed by atoms with E-state index in [1.165, 1.54) is 26.4 Å². The zero-order chi connectivity index (χ0) is 23.8. The second-order valence-corrected chi connectivity index (χ2v) is 7.79. The van der Waals surface area contributed by atoms with E-state index in [0.29, 0.717) is 45.1 Å². The third-order valence-electron chi connectivity index (χ3n) is 5.73. The van der Waals surface area contributed by atoms with Gasteiger partial charge >= 0.3 is 0 Å². The Morgan fingerprint density at radius 1 is 0.941 bits per heavy atom. The van der Waals surface area contributed by atoms with E-state index in [1.807, 2.05) is 0 Å². The molecule has 5 rings (SSSR count). The number of hydrogen-bond acceptors (Lipinski definition) is 8. The summed E-state index contributed by atoms with van der Waals surface area (Å²) in [5, 5.41) is 20.4. The number of aliphatic hydroxyl groups excluding tert-OH is 1. The number of rotatable bonds is 5. The lowest BCUT2D eigenvalue weighted by molar-refractivity contribution is -0.0140. The van der Waals surface area contributed by atoms with Crippen LogP contribution in [0.3, 0.4) is 0 Å². The Hall–Kier alpha value is -4.17. The van der Waals surface area contributed by atoms with Gasteiger partial charge in [0, 0.05) is 17.2 Å². The average molecular weight is 462 g/mol. The molecule has 1 aliphatic rings. The number of methoxy groups -OCH3 is 2. The monoisotopic (exact) mass is 462 g/mol. The van der Waals surface area contributed by atoms with Gasteiger partial charge in [-0.05, 0) is 36.4 Å². The Balaban J connectivity index is 1.59. The summed E-state index contributed by atoms with van der Waals surface area (Å²) in [7, 11) is 2.95. The van der Waals surface area contributed by atoms with Gasteiger partial charge in [-0.15, -0.1) is 0 Å². The van der Waals surface area contributed by atoms with E-state index in [2.05, 4.69) is 0 Å². The number of aliphatic hydroxyl groups is 1. The first-order valence-corrected chi connectivity index (χ1v) is 10.6. The number of aromatic hydroxyl groups is 1. The molecule has 8 heteroatoms. The minimum absolute atomic E-state index is 0.0111. The smallest absolute Gasteiger partial charge is 0.204 e. The normalized spacial score (nSPS) is 16.9. The number of ether oxygens (including phenoxy) is 4. The van der Waals surface area contributed by atoms with Crippen molar-refractivity contribution in [1.29, 1.82) is 0 Å². The van der Waals surface area contributed by atoms with Gasteiger partial charge in [0.25, 0.3) is 0 Å². The first-order chi connectivity index (χ1) is 16.5. The molecule has 0 saturated carbocycles. The van der Waals surface area contributed by atoms with Crippen molar-refractivity contribution in [3.8, 4) is 40.1 Å². The summed E-state index contributed by atoms with van der Waals surface area (Å²) >= 11 is 0. The molecule has 2 unspecified atom stereocenters. The molecule has 0 fully saturated rings. The molecule has 4 aromatic rings. The minimum atomic E-state index is -0.745. The summed E-state index contributed by atoms with van der Waals surface area (Å²) in [6.07, 6.45) is -1.43. The summed E-state index contributed by atoms with van der Waals surface area (Å²) in [5.41, 5.74) is 1.50. The van der Waals surface area contributed by atoms with Crippen molar-refractivity contribution in [2.45, 2.75) is 12.2 Å². The van der Waals surface area contributed by atoms with Crippen LogP contribution < -0.4 is 24.4 Å². The fraction of sp³-hybridized carbons (Fsp3) is 0.192. The number of phenolic OH excluding ortho intramolecular Hbond substituents is 1. The molecule has 1 aliphatic heterocycles. The first-order valence-electron chi connectivity index (χ1n) is 10.6. The predicted molar refractivity (Wildman–Crippen MR) is 124 cm³/mol. The van der Waals surface area contributed by atoms with Gasteiger partial charge in [-0.2, -0.15) is 0 Å². The van der Waals surface area contributed by atoms with Crippen LogP contribution in [-0.2, 0) is 0 Å². The van der Waals surface area contributed by atoms with E-state index in [0.717, 1.165) is 0 Å². The van der Waals surface area contributed by atoms with E-state index in [1.54, 1.807) is 48.5 Å². The fourth-order valence-electron chi connectivity index (χ4n) is 4.04. The molecule has 174 valence electrons. The maximum absolute atomic E-state index is 12.6. The van der Waals surface area contributed by atoms with Crippen molar-refractivity contribution < 1.29 is 33.6 Å². The SMILES string of the molecule is COc1cc(C2Oc3c(OC)cc(-c4cc(=O)c5ccccc5o4)cc3OC2CO)ccc1O. The third kappa shape index (κ3) is 3.68. The Labute approximate surface area is 194 Å². The lowest BCUT2D eigenvalue weighted by atomic mass is 10.0. The van der Waals surface area contributed by atoms with Gasteiger partial charge in [-0.1, -0.05) is 18.2 Å². The average Bonchev–Trinajstić information content (AvgIpc) is 2.87. The molecule has 0 radical (unpaired) electrons. The highest BCUT2D eigenvalue weighted by molar-refractivity contribution is 5.79. The summed E-state index contributed by atoms with van der Waals surface area (Å²) in [6, 6.07) is 16.6. The lowest BCUT2D eigenvalue weighted by Crippen LogP contribution is -2.36. The van der Waals surface area contributed by atoms with E-state index >= 15 is 0 Å². The van der Waals surface area contributed by atoms with E-state index in [-0.39, 0.29) is 23.5 Å². The van der Waals surface area contributed by atoms with Crippen LogP contribution in [-0.4, -0.2) is 37.1 Å². The van der Waals surface area contributed by atoms with Crippen LogP contribution in [0.25, 0.3) is 22.3 Å². The Morgan fingerprint density at radius 2 is 1.74 bits per heavy atom. The maximum Gasteiger partial charge on any atom is 0.204 e. The van der Waals surface area contributed by atoms with Crippen LogP contribution >= 0.6 is 0 Å². The van der Waals surface area contributed by atoms with Crippen molar-refractivity contribution >= 4 is 11.0 Å². The van der Waals surface area contributed by atoms with Crippen molar-refractivity contribution in [2.75, 3.05) is 20.8 Å². The summed E-state index contributed by atoms with van der Waals surface area (Å²) in [5.74, 6) is 1.66. The van der Waals surface area contributed by atoms with E-state index < -0.39 is 12.2 Å². The minimum Gasteiger partial charge on any atom is -0.504 e. The molecule has 2 heterocycles. The van der Waals surface area contributed by atoms with Crippen LogP contribution in [0, 0.1) is 0 Å². The molecule has 2 atom stereocenters. The zero-order valence-corrected chi connectivity index (χ0v) is 18.5. The first kappa shape index (κ1) is 21.7. The molecule has 0 amide bonds. The zero-order valence-electron chi connectivity index (χ0n) is 18.5. The van der Waals surface area contributed by atoms with Crippen LogP contribution in [0.1, 0.15) is 11.7 Å². The lowest BCUT2D eigenvalue weighted by Gasteiger charge is -2.34. The molecule has 0 saturated heterocycles. The summed E-state index contributed by atoms with van der Waals surface area (Å²) in [6.45, 7) is -0.328. The van der Waals surface area contributed by atoms with Gasteiger partial charge in [0.1, 0.15) is 11.3 Å². The molecular formula is C26H22O8. The Bertz CT molecular complexity index is 1420. The molecule has 0 aliphatic carbocycles. The van der Waals surface area contributed by atoms with E-state index in [4.69, 9.17) is 23.4 Å². The molecule has 8 nitrogen and oxygen atoms in total. The molecule has 3 aromatic carbocycles. The van der Waals surface area contributed by atoms with Crippen LogP contribution in [0.2, 0.25) is 0 Å². The topological polar surface area (TPSA) is 108 Å². The van der Waals surface area contributed by atoms with Crippen molar-refractivity contribution in [3.05, 3.63) is 76.5 Å². The van der Waals surface area contributed by atoms with Crippen molar-refractivity contribution in [1.82, 2.24) is 0 Å². The second kappa shape index (κ2) is 8.64. The third-order valence-corrected chi connectivity index (χ3v) is 5.73. The Morgan fingerprint density at radius 3 is 2.50 bits per heavy atom. The van der Waals surface area contributed by atoms with Gasteiger partial charge in [0.05, 0.1) is 26.2 Å². The quantitative estimate of drug-likeness (QED) is 0.457. The Kier molecular flexibility index (Phi) is 5.51. The van der Waals surface area contributed by atoms with E-state index in [9.17, 15) is 15.0 Å². The predicted octanol–water partition coefficient (Wildman–Crippen LogP) is 4.06. The summed E-state index contributed by atoms with van der Waals surface area (Å²) < 4.78 is 29.0. The maximum atomic E-state index is 12.6. The van der Waals surface area contributed by atoms with Crippen LogP contribution in [0.5, 0.6) is 28.7 Å². The van der Waals surface area contributed by atoms with Gasteiger partial charge in [0.15, 0.2) is 40.6 Å². The number of fused-ring (bicyclic) bond motifs is 2. The van der Waals surface area contributed by atoms with Crippen molar-refractivity contribution in [2.24, 2.45) is 0 Å². The number of hydrogen-bond donors (Lipinski definition) is 2. The van der Waals surface area contributed by atoms with Gasteiger partial charge < -0.3 is 33.6 Å². The number of benzene rings is 3. The molecule has 2 N–H and O–H groups in total.